The highest BCUT2D eigenvalue weighted by Gasteiger charge is 2.34. The van der Waals surface area contributed by atoms with E-state index in [1.165, 1.54) is 11.8 Å². The minimum absolute atomic E-state index is 0.505. The molecule has 0 bridgehead atoms. The van der Waals surface area contributed by atoms with Gasteiger partial charge in [0, 0.05) is 4.90 Å². The van der Waals surface area contributed by atoms with Gasteiger partial charge in [-0.2, -0.15) is 0 Å². The normalized spacial score (nSPS) is 31.5. The SMILES string of the molecule is FC1CCCC(F)C1Sc1ccccc1. The van der Waals surface area contributed by atoms with Gasteiger partial charge in [-0.1, -0.05) is 18.2 Å². The van der Waals surface area contributed by atoms with Gasteiger partial charge >= 0.3 is 0 Å². The molecule has 0 aromatic heterocycles. The molecule has 1 aromatic rings. The zero-order valence-corrected chi connectivity index (χ0v) is 9.22. The lowest BCUT2D eigenvalue weighted by Gasteiger charge is -2.28. The van der Waals surface area contributed by atoms with Gasteiger partial charge in [-0.25, -0.2) is 8.78 Å². The zero-order chi connectivity index (χ0) is 10.7. The van der Waals surface area contributed by atoms with Crippen molar-refractivity contribution in [3.63, 3.8) is 0 Å². The van der Waals surface area contributed by atoms with Crippen LogP contribution in [-0.2, 0) is 0 Å². The minimum atomic E-state index is -1.00. The molecule has 0 aliphatic heterocycles. The van der Waals surface area contributed by atoms with Crippen LogP contribution in [0.15, 0.2) is 35.2 Å². The van der Waals surface area contributed by atoms with E-state index in [9.17, 15) is 8.78 Å². The fourth-order valence-corrected chi connectivity index (χ4v) is 3.06. The van der Waals surface area contributed by atoms with E-state index in [0.717, 1.165) is 4.90 Å². The highest BCUT2D eigenvalue weighted by molar-refractivity contribution is 8.00. The highest BCUT2D eigenvalue weighted by Crippen LogP contribution is 2.36. The summed E-state index contributed by atoms with van der Waals surface area (Å²) in [6.07, 6.45) is -0.317. The summed E-state index contributed by atoms with van der Waals surface area (Å²) in [5.41, 5.74) is 0. The summed E-state index contributed by atoms with van der Waals surface area (Å²) >= 11 is 1.33. The lowest BCUT2D eigenvalue weighted by Crippen LogP contribution is -2.33. The Morgan fingerprint density at radius 2 is 1.60 bits per heavy atom. The van der Waals surface area contributed by atoms with Crippen molar-refractivity contribution in [1.82, 2.24) is 0 Å². The summed E-state index contributed by atoms with van der Waals surface area (Å²) < 4.78 is 27.0. The van der Waals surface area contributed by atoms with Crippen molar-refractivity contribution in [2.45, 2.75) is 41.8 Å². The van der Waals surface area contributed by atoms with Gasteiger partial charge in [0.15, 0.2) is 0 Å². The van der Waals surface area contributed by atoms with Gasteiger partial charge in [-0.3, -0.25) is 0 Å². The molecule has 2 rings (SSSR count). The van der Waals surface area contributed by atoms with Crippen molar-refractivity contribution in [3.8, 4) is 0 Å². The first-order valence-corrected chi connectivity index (χ1v) is 6.15. The van der Waals surface area contributed by atoms with E-state index in [-0.39, 0.29) is 0 Å². The maximum absolute atomic E-state index is 13.5. The van der Waals surface area contributed by atoms with E-state index in [2.05, 4.69) is 0 Å². The van der Waals surface area contributed by atoms with Gasteiger partial charge in [0.05, 0.1) is 5.25 Å². The molecule has 0 nitrogen and oxygen atoms in total. The Morgan fingerprint density at radius 3 is 2.20 bits per heavy atom. The largest absolute Gasteiger partial charge is 0.246 e. The Hall–Kier alpha value is -0.570. The molecule has 1 aliphatic rings. The van der Waals surface area contributed by atoms with Crippen molar-refractivity contribution >= 4 is 11.8 Å². The second-order valence-corrected chi connectivity index (χ2v) is 5.11. The van der Waals surface area contributed by atoms with E-state index in [4.69, 9.17) is 0 Å². The second kappa shape index (κ2) is 4.97. The molecule has 0 saturated heterocycles. The van der Waals surface area contributed by atoms with E-state index < -0.39 is 17.6 Å². The van der Waals surface area contributed by atoms with Crippen LogP contribution in [0.1, 0.15) is 19.3 Å². The molecule has 15 heavy (non-hydrogen) atoms. The van der Waals surface area contributed by atoms with Crippen LogP contribution in [0.3, 0.4) is 0 Å². The predicted molar refractivity (Wildman–Crippen MR) is 59.7 cm³/mol. The smallest absolute Gasteiger partial charge is 0.115 e. The fourth-order valence-electron chi connectivity index (χ4n) is 1.87. The molecule has 0 radical (unpaired) electrons. The lowest BCUT2D eigenvalue weighted by molar-refractivity contribution is 0.168. The molecular weight excluding hydrogens is 214 g/mol. The first-order valence-electron chi connectivity index (χ1n) is 5.27. The van der Waals surface area contributed by atoms with Crippen molar-refractivity contribution in [2.75, 3.05) is 0 Å². The molecule has 2 atom stereocenters. The average Bonchev–Trinajstić information content (AvgIpc) is 2.25. The third-order valence-electron chi connectivity index (χ3n) is 2.69. The van der Waals surface area contributed by atoms with Gasteiger partial charge in [0.25, 0.3) is 0 Å². The molecule has 1 aliphatic carbocycles. The maximum atomic E-state index is 13.5. The Kier molecular flexibility index (Phi) is 3.62. The van der Waals surface area contributed by atoms with E-state index in [0.29, 0.717) is 19.3 Å². The Labute approximate surface area is 93.1 Å². The van der Waals surface area contributed by atoms with Crippen LogP contribution in [0.25, 0.3) is 0 Å². The van der Waals surface area contributed by atoms with Crippen LogP contribution in [0, 0.1) is 0 Å². The number of hydrogen-bond acceptors (Lipinski definition) is 1. The van der Waals surface area contributed by atoms with Crippen molar-refractivity contribution in [1.29, 1.82) is 0 Å². The summed E-state index contributed by atoms with van der Waals surface area (Å²) in [7, 11) is 0. The van der Waals surface area contributed by atoms with Crippen LogP contribution in [0.4, 0.5) is 8.78 Å². The van der Waals surface area contributed by atoms with Gasteiger partial charge < -0.3 is 0 Å². The number of thioether (sulfide) groups is 1. The first-order chi connectivity index (χ1) is 7.27. The molecular formula is C12H14F2S. The fraction of sp³-hybridized carbons (Fsp3) is 0.500. The molecule has 1 saturated carbocycles. The molecule has 0 spiro atoms. The quantitative estimate of drug-likeness (QED) is 0.737. The highest BCUT2D eigenvalue weighted by atomic mass is 32.2. The molecule has 2 unspecified atom stereocenters. The van der Waals surface area contributed by atoms with Crippen LogP contribution < -0.4 is 0 Å². The topological polar surface area (TPSA) is 0 Å². The molecule has 0 N–H and O–H groups in total. The summed E-state index contributed by atoms with van der Waals surface area (Å²) in [4.78, 5) is 0.953. The number of benzene rings is 1. The summed E-state index contributed by atoms with van der Waals surface area (Å²) in [6.45, 7) is 0. The van der Waals surface area contributed by atoms with Gasteiger partial charge in [0.1, 0.15) is 12.3 Å². The number of rotatable bonds is 2. The molecule has 3 heteroatoms. The molecule has 1 fully saturated rings. The number of alkyl halides is 2. The molecule has 0 amide bonds. The zero-order valence-electron chi connectivity index (χ0n) is 8.40. The third kappa shape index (κ3) is 2.71. The van der Waals surface area contributed by atoms with Crippen LogP contribution in [-0.4, -0.2) is 17.6 Å². The van der Waals surface area contributed by atoms with E-state index in [1.807, 2.05) is 30.3 Å². The standard InChI is InChI=1S/C12H14F2S/c13-10-7-4-8-11(14)12(10)15-9-5-2-1-3-6-9/h1-3,5-6,10-12H,4,7-8H2. The lowest BCUT2D eigenvalue weighted by atomic mass is 9.97. The van der Waals surface area contributed by atoms with Crippen molar-refractivity contribution in [3.05, 3.63) is 30.3 Å². The summed E-state index contributed by atoms with van der Waals surface area (Å²) in [6, 6.07) is 9.50. The predicted octanol–water partition coefficient (Wildman–Crippen LogP) is 4.01. The first kappa shape index (κ1) is 10.9. The summed E-state index contributed by atoms with van der Waals surface area (Å²) in [5, 5.41) is -0.513. The van der Waals surface area contributed by atoms with Gasteiger partial charge in [0.2, 0.25) is 0 Å². The minimum Gasteiger partial charge on any atom is -0.246 e. The maximum Gasteiger partial charge on any atom is 0.115 e. The number of halogens is 2. The van der Waals surface area contributed by atoms with Crippen LogP contribution >= 0.6 is 11.8 Å². The van der Waals surface area contributed by atoms with E-state index in [1.54, 1.807) is 0 Å². The van der Waals surface area contributed by atoms with Crippen LogP contribution in [0.2, 0.25) is 0 Å². The Balaban J connectivity index is 2.03. The molecule has 82 valence electrons. The van der Waals surface area contributed by atoms with Crippen LogP contribution in [0.5, 0.6) is 0 Å². The summed E-state index contributed by atoms with van der Waals surface area (Å²) in [5.74, 6) is 0. The molecule has 0 heterocycles. The number of hydrogen-bond donors (Lipinski definition) is 0. The Bertz CT molecular complexity index is 292. The van der Waals surface area contributed by atoms with Gasteiger partial charge in [-0.05, 0) is 31.4 Å². The second-order valence-electron chi connectivity index (χ2n) is 3.86. The Morgan fingerprint density at radius 1 is 1.00 bits per heavy atom. The average molecular weight is 228 g/mol. The third-order valence-corrected chi connectivity index (χ3v) is 4.10. The van der Waals surface area contributed by atoms with Gasteiger partial charge in [-0.15, -0.1) is 11.8 Å². The van der Waals surface area contributed by atoms with Crippen molar-refractivity contribution < 1.29 is 8.78 Å². The van der Waals surface area contributed by atoms with E-state index >= 15 is 0 Å². The molecule has 1 aromatic carbocycles. The van der Waals surface area contributed by atoms with Crippen molar-refractivity contribution in [2.24, 2.45) is 0 Å². The monoisotopic (exact) mass is 228 g/mol.